The van der Waals surface area contributed by atoms with Crippen LogP contribution >= 0.6 is 0 Å². The molecule has 1 N–H and O–H groups in total. The summed E-state index contributed by atoms with van der Waals surface area (Å²) in [5.41, 5.74) is -0.705. The van der Waals surface area contributed by atoms with Crippen LogP contribution in [0.3, 0.4) is 0 Å². The first kappa shape index (κ1) is 24.5. The number of nitriles is 1. The van der Waals surface area contributed by atoms with Crippen LogP contribution in [-0.2, 0) is 14.4 Å². The largest absolute Gasteiger partial charge is 0.481 e. The second-order valence-corrected chi connectivity index (χ2v) is 13.9. The third-order valence-electron chi connectivity index (χ3n) is 11.9. The van der Waals surface area contributed by atoms with Crippen molar-refractivity contribution in [2.45, 2.75) is 86.5 Å². The zero-order valence-corrected chi connectivity index (χ0v) is 22.0. The predicted octanol–water partition coefficient (Wildman–Crippen LogP) is 5.90. The maximum absolute atomic E-state index is 14.2. The average Bonchev–Trinajstić information content (AvgIpc) is 2.77. The van der Waals surface area contributed by atoms with E-state index in [-0.39, 0.29) is 57.1 Å². The smallest absolute Gasteiger partial charge is 0.309 e. The number of carbonyl (C=O) groups is 3. The van der Waals surface area contributed by atoms with Crippen molar-refractivity contribution < 1.29 is 19.5 Å². The van der Waals surface area contributed by atoms with E-state index in [1.807, 2.05) is 19.1 Å². The van der Waals surface area contributed by atoms with Crippen LogP contribution in [0, 0.1) is 62.1 Å². The molecule has 3 fully saturated rings. The van der Waals surface area contributed by atoms with Crippen LogP contribution in [0.5, 0.6) is 0 Å². The normalized spacial score (nSPS) is 48.3. The summed E-state index contributed by atoms with van der Waals surface area (Å²) in [7, 11) is 0. The molecule has 0 aromatic heterocycles. The average molecular weight is 478 g/mol. The van der Waals surface area contributed by atoms with E-state index in [9.17, 15) is 24.8 Å². The molecule has 0 aliphatic heterocycles. The molecule has 0 saturated heterocycles. The fourth-order valence-corrected chi connectivity index (χ4v) is 9.63. The fourth-order valence-electron chi connectivity index (χ4n) is 9.63. The highest BCUT2D eigenvalue weighted by molar-refractivity contribution is 6.02. The van der Waals surface area contributed by atoms with Gasteiger partial charge in [0.05, 0.1) is 11.0 Å². The molecule has 0 spiro atoms. The number of carboxylic acid groups (broad SMARTS) is 1. The molecule has 188 valence electrons. The van der Waals surface area contributed by atoms with E-state index in [0.29, 0.717) is 19.3 Å². The minimum atomic E-state index is -0.822. The zero-order valence-electron chi connectivity index (χ0n) is 22.0. The molecule has 5 rings (SSSR count). The molecule has 0 radical (unpaired) electrons. The van der Waals surface area contributed by atoms with E-state index >= 15 is 0 Å². The molecule has 5 aliphatic rings. The number of hydrogen-bond acceptors (Lipinski definition) is 4. The van der Waals surface area contributed by atoms with Crippen LogP contribution in [0.1, 0.15) is 86.5 Å². The number of carbonyl (C=O) groups excluding carboxylic acids is 2. The second kappa shape index (κ2) is 7.17. The van der Waals surface area contributed by atoms with Crippen molar-refractivity contribution in [1.29, 1.82) is 5.26 Å². The van der Waals surface area contributed by atoms with Gasteiger partial charge in [-0.3, -0.25) is 14.4 Å². The van der Waals surface area contributed by atoms with E-state index in [1.165, 1.54) is 0 Å². The van der Waals surface area contributed by atoms with Crippen molar-refractivity contribution in [3.05, 3.63) is 23.3 Å². The van der Waals surface area contributed by atoms with Gasteiger partial charge >= 0.3 is 5.97 Å². The summed E-state index contributed by atoms with van der Waals surface area (Å²) in [4.78, 5) is 39.7. The summed E-state index contributed by atoms with van der Waals surface area (Å²) in [6.45, 7) is 13.0. The number of hydrogen-bond donors (Lipinski definition) is 1. The van der Waals surface area contributed by atoms with Gasteiger partial charge in [-0.05, 0) is 79.1 Å². The molecule has 3 saturated carbocycles. The van der Waals surface area contributed by atoms with Crippen LogP contribution < -0.4 is 0 Å². The van der Waals surface area contributed by atoms with Gasteiger partial charge in [0.15, 0.2) is 11.6 Å². The highest BCUT2D eigenvalue weighted by Crippen LogP contribution is 2.73. The third-order valence-corrected chi connectivity index (χ3v) is 11.9. The van der Waals surface area contributed by atoms with E-state index in [0.717, 1.165) is 31.3 Å². The number of Topliss-reactive ketones (excluding diaryl/α,β-unsaturated/α-hetero) is 1. The number of aliphatic carboxylic acids is 1. The maximum Gasteiger partial charge on any atom is 0.309 e. The topological polar surface area (TPSA) is 95.2 Å². The molecule has 5 heteroatoms. The predicted molar refractivity (Wildman–Crippen MR) is 132 cm³/mol. The summed E-state index contributed by atoms with van der Waals surface area (Å²) >= 11 is 0. The van der Waals surface area contributed by atoms with Crippen LogP contribution in [0.2, 0.25) is 0 Å². The number of allylic oxidation sites excluding steroid dienone is 4. The fraction of sp³-hybridized carbons (Fsp3) is 0.733. The van der Waals surface area contributed by atoms with Gasteiger partial charge in [-0.2, -0.15) is 5.26 Å². The number of carboxylic acids is 1. The van der Waals surface area contributed by atoms with E-state index in [1.54, 1.807) is 0 Å². The SMILES string of the molecule is CC1C(=O)C(C#N)=CC2(C)C3=CC(=O)C4C5CC(C)(C)CCC5(C(=O)O)CCC4(C)C3(C)CCC12. The highest BCUT2D eigenvalue weighted by atomic mass is 16.4. The van der Waals surface area contributed by atoms with E-state index in [4.69, 9.17) is 0 Å². The molecule has 0 amide bonds. The summed E-state index contributed by atoms with van der Waals surface area (Å²) < 4.78 is 0. The molecule has 8 atom stereocenters. The Kier molecular flexibility index (Phi) is 5.02. The van der Waals surface area contributed by atoms with Crippen LogP contribution in [-0.4, -0.2) is 22.6 Å². The Hall–Kier alpha value is -2.22. The second-order valence-electron chi connectivity index (χ2n) is 13.9. The van der Waals surface area contributed by atoms with Crippen molar-refractivity contribution in [2.24, 2.45) is 50.7 Å². The van der Waals surface area contributed by atoms with Gasteiger partial charge in [-0.25, -0.2) is 0 Å². The first-order valence-corrected chi connectivity index (χ1v) is 13.3. The minimum Gasteiger partial charge on any atom is -0.481 e. The third kappa shape index (κ3) is 2.89. The Morgan fingerprint density at radius 2 is 1.69 bits per heavy atom. The molecule has 35 heavy (non-hydrogen) atoms. The molecule has 0 aromatic rings. The first-order chi connectivity index (χ1) is 16.2. The number of nitrogens with zero attached hydrogens (tertiary/aromatic N) is 1. The van der Waals surface area contributed by atoms with Crippen molar-refractivity contribution in [2.75, 3.05) is 0 Å². The molecular weight excluding hydrogens is 438 g/mol. The van der Waals surface area contributed by atoms with Gasteiger partial charge in [0, 0.05) is 17.3 Å². The lowest BCUT2D eigenvalue weighted by Gasteiger charge is -2.68. The first-order valence-electron chi connectivity index (χ1n) is 13.3. The maximum atomic E-state index is 14.2. The van der Waals surface area contributed by atoms with E-state index < -0.39 is 16.8 Å². The van der Waals surface area contributed by atoms with Gasteiger partial charge in [-0.1, -0.05) is 53.2 Å². The quantitative estimate of drug-likeness (QED) is 0.507. The summed E-state index contributed by atoms with van der Waals surface area (Å²) in [6.07, 6.45) is 9.03. The summed E-state index contributed by atoms with van der Waals surface area (Å²) in [5.74, 6) is -1.43. The summed E-state index contributed by atoms with van der Waals surface area (Å²) in [5, 5.41) is 20.2. The molecule has 5 aliphatic carbocycles. The lowest BCUT2D eigenvalue weighted by atomic mass is 9.35. The lowest BCUT2D eigenvalue weighted by molar-refractivity contribution is -0.188. The zero-order chi connectivity index (χ0) is 25.8. The van der Waals surface area contributed by atoms with Gasteiger partial charge < -0.3 is 5.11 Å². The Labute approximate surface area is 209 Å². The minimum absolute atomic E-state index is 0.0142. The summed E-state index contributed by atoms with van der Waals surface area (Å²) in [6, 6.07) is 2.13. The number of ketones is 2. The van der Waals surface area contributed by atoms with Crippen LogP contribution in [0.25, 0.3) is 0 Å². The van der Waals surface area contributed by atoms with Crippen molar-refractivity contribution in [3.8, 4) is 6.07 Å². The van der Waals surface area contributed by atoms with Crippen molar-refractivity contribution >= 4 is 17.5 Å². The Morgan fingerprint density at radius 1 is 1.03 bits per heavy atom. The Balaban J connectivity index is 1.70. The Bertz CT molecular complexity index is 1140. The van der Waals surface area contributed by atoms with Gasteiger partial charge in [-0.15, -0.1) is 0 Å². The Morgan fingerprint density at radius 3 is 2.31 bits per heavy atom. The number of fused-ring (bicyclic) bond motifs is 7. The van der Waals surface area contributed by atoms with Gasteiger partial charge in [0.25, 0.3) is 0 Å². The van der Waals surface area contributed by atoms with Crippen LogP contribution in [0.15, 0.2) is 23.3 Å². The van der Waals surface area contributed by atoms with Crippen LogP contribution in [0.4, 0.5) is 0 Å². The molecule has 8 unspecified atom stereocenters. The molecular formula is C30H39NO4. The van der Waals surface area contributed by atoms with E-state index in [2.05, 4.69) is 40.7 Å². The molecule has 5 nitrogen and oxygen atoms in total. The van der Waals surface area contributed by atoms with Gasteiger partial charge in [0.1, 0.15) is 6.07 Å². The number of rotatable bonds is 1. The van der Waals surface area contributed by atoms with Crippen molar-refractivity contribution in [3.63, 3.8) is 0 Å². The van der Waals surface area contributed by atoms with Crippen molar-refractivity contribution in [1.82, 2.24) is 0 Å². The lowest BCUT2D eigenvalue weighted by Crippen LogP contribution is -2.65. The molecule has 0 heterocycles. The van der Waals surface area contributed by atoms with Gasteiger partial charge in [0.2, 0.25) is 0 Å². The molecule has 0 aromatic carbocycles. The standard InChI is InChI=1S/C30H39NO4/c1-17-19-7-8-28(5)22(27(19,4)14-18(16-31)24(17)33)13-21(32)23-20-15-26(2,3)9-11-30(20,25(34)35)12-10-29(23,28)6/h13-14,17,19-20,23H,7-12,15H2,1-6H3,(H,34,35). The molecule has 0 bridgehead atoms. The monoisotopic (exact) mass is 477 g/mol. The highest BCUT2D eigenvalue weighted by Gasteiger charge is 2.70.